The Bertz CT molecular complexity index is 2170. The molecule has 4 amide bonds. The van der Waals surface area contributed by atoms with Crippen LogP contribution in [0.15, 0.2) is 30.4 Å². The normalized spacial score (nSPS) is 29.0. The standard InChI is InChI=1S/C46H63F2N5O9S2/c1-27(2)36-37-35(31-22-30(60-8)16-17-32(31)49-36)46(47,48)25-44(61-37)24-34-38(54)51-45(40(56)52-64(59)43(7)18-19-43)23-29(45)14-12-10-9-11-13-15-33(39(55)53(34)26-44)50-41(57)62-42(5,6)20-21-63(58)28(3)4/h12,14,16-17,22,27-29,33-34H,9-11,13,15,18-21,23-26H2,1-8H3,(H,50,57)(H,51,54)(H,52,56)/b14-12-/t29-,33+,34+,44+,45-,63?,64-/m1/s1. The first-order chi connectivity index (χ1) is 30.0. The zero-order chi connectivity index (χ0) is 46.6. The molecule has 1 aromatic carbocycles. The van der Waals surface area contributed by atoms with Crippen LogP contribution in [0, 0.1) is 5.92 Å². The number of fused-ring (bicyclic) bond motifs is 5. The lowest BCUT2D eigenvalue weighted by Crippen LogP contribution is -2.58. The lowest BCUT2D eigenvalue weighted by atomic mass is 9.83. The number of nitrogens with one attached hydrogen (secondary N) is 3. The van der Waals surface area contributed by atoms with Crippen LogP contribution < -0.4 is 24.8 Å². The van der Waals surface area contributed by atoms with Crippen LogP contribution in [0.3, 0.4) is 0 Å². The number of hydrogen-bond acceptors (Lipinski definition) is 10. The van der Waals surface area contributed by atoms with E-state index in [-0.39, 0.29) is 52.8 Å². The Morgan fingerprint density at radius 1 is 1.11 bits per heavy atom. The molecule has 1 saturated heterocycles. The fourth-order valence-electron chi connectivity index (χ4n) is 9.10. The van der Waals surface area contributed by atoms with E-state index in [0.717, 1.165) is 6.42 Å². The molecule has 7 rings (SSSR count). The number of ether oxygens (including phenoxy) is 3. The third kappa shape index (κ3) is 9.94. The molecule has 0 bridgehead atoms. The van der Waals surface area contributed by atoms with Gasteiger partial charge in [0.05, 0.1) is 48.2 Å². The van der Waals surface area contributed by atoms with Crippen molar-refractivity contribution in [2.24, 2.45) is 5.92 Å². The number of allylic oxidation sites excluding steroid dienone is 1. The molecule has 352 valence electrons. The number of amides is 4. The minimum atomic E-state index is -3.54. The van der Waals surface area contributed by atoms with Gasteiger partial charge >= 0.3 is 6.09 Å². The molecule has 1 aromatic heterocycles. The van der Waals surface area contributed by atoms with Crippen molar-refractivity contribution in [3.8, 4) is 11.5 Å². The number of nitrogens with zero attached hydrogens (tertiary/aromatic N) is 2. The smallest absolute Gasteiger partial charge is 0.408 e. The minimum Gasteiger partial charge on any atom is -0.616 e. The molecule has 5 aliphatic rings. The highest BCUT2D eigenvalue weighted by Gasteiger charge is 2.65. The van der Waals surface area contributed by atoms with Crippen LogP contribution in [-0.2, 0) is 47.6 Å². The molecule has 1 spiro atoms. The van der Waals surface area contributed by atoms with Crippen molar-refractivity contribution in [3.63, 3.8) is 0 Å². The van der Waals surface area contributed by atoms with Crippen molar-refractivity contribution in [2.45, 2.75) is 170 Å². The molecule has 3 aliphatic heterocycles. The van der Waals surface area contributed by atoms with E-state index in [1.807, 2.05) is 46.8 Å². The molecule has 2 aliphatic carbocycles. The summed E-state index contributed by atoms with van der Waals surface area (Å²) in [5.41, 5.74) is -4.09. The number of halogens is 2. The van der Waals surface area contributed by atoms with Gasteiger partial charge in [-0.1, -0.05) is 50.0 Å². The number of alkyl halides is 2. The number of pyridine rings is 1. The Morgan fingerprint density at radius 3 is 2.52 bits per heavy atom. The maximum atomic E-state index is 17.2. The Kier molecular flexibility index (Phi) is 13.6. The van der Waals surface area contributed by atoms with Crippen LogP contribution >= 0.6 is 0 Å². The summed E-state index contributed by atoms with van der Waals surface area (Å²) in [6.45, 7) is 12.1. The Balaban J connectivity index is 1.25. The number of hydrogen-bond donors (Lipinski definition) is 3. The number of methoxy groups -OCH3 is 1. The van der Waals surface area contributed by atoms with Crippen LogP contribution in [0.1, 0.15) is 136 Å². The van der Waals surface area contributed by atoms with Gasteiger partial charge < -0.3 is 38.8 Å². The van der Waals surface area contributed by atoms with E-state index in [0.29, 0.717) is 55.5 Å². The maximum absolute atomic E-state index is 17.2. The van der Waals surface area contributed by atoms with Gasteiger partial charge in [0, 0.05) is 37.0 Å². The second-order valence-corrected chi connectivity index (χ2v) is 23.6. The summed E-state index contributed by atoms with van der Waals surface area (Å²) in [5.74, 6) is -5.90. The van der Waals surface area contributed by atoms with Crippen LogP contribution in [0.4, 0.5) is 13.6 Å². The highest BCUT2D eigenvalue weighted by molar-refractivity contribution is 7.92. The zero-order valence-corrected chi connectivity index (χ0v) is 39.7. The summed E-state index contributed by atoms with van der Waals surface area (Å²) in [4.78, 5) is 63.6. The topological polar surface area (TPSA) is 194 Å². The van der Waals surface area contributed by atoms with E-state index in [1.165, 1.54) is 18.1 Å². The quantitative estimate of drug-likeness (QED) is 0.161. The fourth-order valence-corrected chi connectivity index (χ4v) is 11.3. The molecular weight excluding hydrogens is 869 g/mol. The van der Waals surface area contributed by atoms with E-state index in [9.17, 15) is 23.5 Å². The Hall–Kier alpha value is -3.87. The minimum absolute atomic E-state index is 0.0801. The van der Waals surface area contributed by atoms with Crippen molar-refractivity contribution in [2.75, 3.05) is 19.4 Å². The van der Waals surface area contributed by atoms with Crippen molar-refractivity contribution in [1.82, 2.24) is 25.2 Å². The average Bonchev–Trinajstić information content (AvgIpc) is 4.11. The van der Waals surface area contributed by atoms with E-state index < -0.39 is 105 Å². The van der Waals surface area contributed by atoms with Gasteiger partial charge in [-0.15, -0.1) is 0 Å². The van der Waals surface area contributed by atoms with E-state index >= 15 is 13.6 Å². The summed E-state index contributed by atoms with van der Waals surface area (Å²) >= 11 is -2.86. The third-order valence-electron chi connectivity index (χ3n) is 13.4. The first kappa shape index (κ1) is 48.1. The van der Waals surface area contributed by atoms with Gasteiger partial charge in [-0.25, -0.2) is 18.6 Å². The summed E-state index contributed by atoms with van der Waals surface area (Å²) < 4.78 is 80.2. The number of alkyl carbamates (subject to hydrolysis) is 1. The van der Waals surface area contributed by atoms with Crippen LogP contribution in [0.5, 0.6) is 11.5 Å². The number of carbonyl (C=O) groups excluding carboxylic acids is 4. The van der Waals surface area contributed by atoms with Crippen molar-refractivity contribution >= 4 is 57.3 Å². The van der Waals surface area contributed by atoms with Crippen LogP contribution in [0.2, 0.25) is 0 Å². The Labute approximate surface area is 380 Å². The maximum Gasteiger partial charge on any atom is 0.408 e. The largest absolute Gasteiger partial charge is 0.616 e. The first-order valence-electron chi connectivity index (χ1n) is 22.5. The number of rotatable bonds is 11. The van der Waals surface area contributed by atoms with Gasteiger partial charge in [0.1, 0.15) is 50.3 Å². The summed E-state index contributed by atoms with van der Waals surface area (Å²) in [6.07, 6.45) is 6.23. The fraction of sp³-hybridized carbons (Fsp3) is 0.674. The number of aromatic nitrogens is 1. The highest BCUT2D eigenvalue weighted by atomic mass is 32.2. The van der Waals surface area contributed by atoms with Gasteiger partial charge in [-0.05, 0) is 84.4 Å². The van der Waals surface area contributed by atoms with E-state index in [1.54, 1.807) is 26.0 Å². The van der Waals surface area contributed by atoms with E-state index in [2.05, 4.69) is 15.4 Å². The molecule has 64 heavy (non-hydrogen) atoms. The first-order valence-corrected chi connectivity index (χ1v) is 25.0. The zero-order valence-electron chi connectivity index (χ0n) is 38.1. The molecule has 14 nitrogen and oxygen atoms in total. The predicted octanol–water partition coefficient (Wildman–Crippen LogP) is 6.73. The van der Waals surface area contributed by atoms with Crippen LogP contribution in [0.25, 0.3) is 10.9 Å². The molecule has 7 atom stereocenters. The summed E-state index contributed by atoms with van der Waals surface area (Å²) in [6, 6.07) is 2.12. The van der Waals surface area contributed by atoms with Gasteiger partial charge in [0.15, 0.2) is 5.75 Å². The van der Waals surface area contributed by atoms with Gasteiger partial charge in [0.25, 0.3) is 11.8 Å². The SMILES string of the molecule is COc1ccc2nc(C(C)C)c3c(c2c1)C(F)(F)C[C@]1(C[C@H]2C(=O)N[C@]4(C(=O)N[S@+]([O-])C5(C)CC5)C[C@H]4/C=C\CCCCC[C@H](NC(=O)OC(C)(C)CC[S+]([O-])C(C)C)C(=O)N2C1)O3. The number of benzene rings is 1. The van der Waals surface area contributed by atoms with Gasteiger partial charge in [-0.3, -0.25) is 14.4 Å². The molecule has 1 unspecified atom stereocenters. The van der Waals surface area contributed by atoms with Crippen molar-refractivity contribution in [1.29, 1.82) is 0 Å². The van der Waals surface area contributed by atoms with Gasteiger partial charge in [0.2, 0.25) is 11.8 Å². The van der Waals surface area contributed by atoms with E-state index in [4.69, 9.17) is 19.2 Å². The molecule has 0 radical (unpaired) electrons. The number of carbonyl (C=O) groups is 4. The summed E-state index contributed by atoms with van der Waals surface area (Å²) in [5, 5.41) is 5.72. The molecular formula is C46H63F2N5O9S2. The monoisotopic (exact) mass is 931 g/mol. The lowest BCUT2D eigenvalue weighted by molar-refractivity contribution is -0.141. The molecule has 3 N–H and O–H groups in total. The highest BCUT2D eigenvalue weighted by Crippen LogP contribution is 2.56. The molecule has 2 saturated carbocycles. The Morgan fingerprint density at radius 2 is 1.84 bits per heavy atom. The summed E-state index contributed by atoms with van der Waals surface area (Å²) in [7, 11) is 1.44. The average molecular weight is 932 g/mol. The van der Waals surface area contributed by atoms with Crippen molar-refractivity contribution < 1.29 is 51.3 Å². The molecule has 3 fully saturated rings. The molecule has 2 aromatic rings. The third-order valence-corrected chi connectivity index (χ3v) is 16.7. The molecule has 18 heteroatoms. The van der Waals surface area contributed by atoms with Gasteiger partial charge in [-0.2, -0.15) is 4.72 Å². The van der Waals surface area contributed by atoms with Crippen molar-refractivity contribution in [3.05, 3.63) is 41.6 Å². The van der Waals surface area contributed by atoms with Crippen LogP contribution in [-0.4, -0.2) is 101 Å². The predicted molar refractivity (Wildman–Crippen MR) is 240 cm³/mol. The second kappa shape index (κ2) is 18.1. The lowest BCUT2D eigenvalue weighted by Gasteiger charge is -2.41. The molecule has 4 heterocycles. The second-order valence-electron chi connectivity index (χ2n) is 19.8.